The largest absolute Gasteiger partial charge is 0.452 e. The van der Waals surface area contributed by atoms with Crippen molar-refractivity contribution in [3.05, 3.63) is 61.9 Å². The van der Waals surface area contributed by atoms with Crippen LogP contribution in [0, 0.1) is 13.8 Å². The third kappa shape index (κ3) is 5.59. The average Bonchev–Trinajstić information content (AvgIpc) is 2.81. The predicted octanol–water partition coefficient (Wildman–Crippen LogP) is 2.68. The maximum atomic E-state index is 13.2. The van der Waals surface area contributed by atoms with Crippen LogP contribution in [0.5, 0.6) is 0 Å². The highest BCUT2D eigenvalue weighted by Gasteiger charge is 2.25. The Kier molecular flexibility index (Phi) is 8.06. The van der Waals surface area contributed by atoms with Crippen molar-refractivity contribution in [2.45, 2.75) is 53.5 Å². The number of aromatic amines is 1. The quantitative estimate of drug-likeness (QED) is 0.448. The van der Waals surface area contributed by atoms with E-state index in [0.717, 1.165) is 12.0 Å². The minimum Gasteiger partial charge on any atom is -0.452 e. The molecule has 3 rings (SSSR count). The van der Waals surface area contributed by atoms with Gasteiger partial charge >= 0.3 is 11.7 Å². The summed E-state index contributed by atoms with van der Waals surface area (Å²) < 4.78 is 6.60. The van der Waals surface area contributed by atoms with E-state index < -0.39 is 29.7 Å². The number of H-pyrrole nitrogens is 1. The number of aromatic nitrogens is 3. The summed E-state index contributed by atoms with van der Waals surface area (Å²) in [5, 5.41) is 0.628. The molecule has 2 aromatic heterocycles. The molecule has 10 heteroatoms. The number of nitrogens with zero attached hydrogens (tertiary/aromatic N) is 3. The van der Waals surface area contributed by atoms with Crippen molar-refractivity contribution in [3.8, 4) is 0 Å². The van der Waals surface area contributed by atoms with Crippen LogP contribution in [0.4, 0.5) is 11.5 Å². The maximum Gasteiger partial charge on any atom is 0.339 e. The van der Waals surface area contributed by atoms with Gasteiger partial charge in [0.15, 0.2) is 12.3 Å². The molecule has 1 amide bonds. The maximum absolute atomic E-state index is 13.2. The Balaban J connectivity index is 1.91. The number of carbonyl (C=O) groups is 2. The lowest BCUT2D eigenvalue weighted by Crippen LogP contribution is -2.43. The van der Waals surface area contributed by atoms with Crippen LogP contribution >= 0.6 is 0 Å². The number of nitrogens with two attached hydrogens (primary N) is 1. The molecule has 0 atom stereocenters. The molecule has 3 aromatic rings. The number of nitrogen functional groups attached to an aromatic ring is 1. The lowest BCUT2D eigenvalue weighted by atomic mass is 10.1. The fourth-order valence-electron chi connectivity index (χ4n) is 3.89. The standard InChI is InChI=1S/C25H31N5O5/c1-5-7-11-29(21-22(26)30(10-6-2)25(34)28-23(21)32)20(31)14-35-24(33)18-13-16(4)27-19-9-8-15(3)12-17(18)19/h8-9,12-13H,5-7,10-11,14,26H2,1-4H3,(H,28,32,34). The van der Waals surface area contributed by atoms with Crippen LogP contribution in [0.25, 0.3) is 10.9 Å². The van der Waals surface area contributed by atoms with Gasteiger partial charge < -0.3 is 15.4 Å². The van der Waals surface area contributed by atoms with Crippen LogP contribution in [-0.4, -0.2) is 39.6 Å². The van der Waals surface area contributed by atoms with Crippen LogP contribution in [0.3, 0.4) is 0 Å². The smallest absolute Gasteiger partial charge is 0.339 e. The molecule has 2 heterocycles. The van der Waals surface area contributed by atoms with Crippen molar-refractivity contribution in [1.29, 1.82) is 0 Å². The van der Waals surface area contributed by atoms with Gasteiger partial charge in [0.25, 0.3) is 11.5 Å². The first kappa shape index (κ1) is 25.7. The van der Waals surface area contributed by atoms with Gasteiger partial charge in [-0.15, -0.1) is 0 Å². The van der Waals surface area contributed by atoms with Crippen molar-refractivity contribution in [2.24, 2.45) is 0 Å². The number of hydrogen-bond acceptors (Lipinski definition) is 7. The number of aryl methyl sites for hydroxylation is 2. The number of rotatable bonds is 9. The van der Waals surface area contributed by atoms with E-state index in [4.69, 9.17) is 10.5 Å². The monoisotopic (exact) mass is 481 g/mol. The Morgan fingerprint density at radius 1 is 1.14 bits per heavy atom. The summed E-state index contributed by atoms with van der Waals surface area (Å²) in [6.07, 6.45) is 1.94. The number of unbranched alkanes of at least 4 members (excludes halogenated alkanes) is 1. The predicted molar refractivity (Wildman–Crippen MR) is 135 cm³/mol. The van der Waals surface area contributed by atoms with Crippen molar-refractivity contribution in [2.75, 3.05) is 23.8 Å². The third-order valence-electron chi connectivity index (χ3n) is 5.61. The summed E-state index contributed by atoms with van der Waals surface area (Å²) in [4.78, 5) is 58.8. The number of esters is 1. The molecule has 0 radical (unpaired) electrons. The van der Waals surface area contributed by atoms with E-state index in [9.17, 15) is 19.2 Å². The molecule has 0 aliphatic heterocycles. The van der Waals surface area contributed by atoms with Crippen LogP contribution in [0.1, 0.15) is 54.7 Å². The molecule has 35 heavy (non-hydrogen) atoms. The molecular weight excluding hydrogens is 450 g/mol. The molecule has 0 saturated heterocycles. The van der Waals surface area contributed by atoms with E-state index in [1.165, 1.54) is 9.47 Å². The first-order valence-electron chi connectivity index (χ1n) is 11.7. The van der Waals surface area contributed by atoms with Gasteiger partial charge in [-0.25, -0.2) is 9.59 Å². The summed E-state index contributed by atoms with van der Waals surface area (Å²) in [5.41, 5.74) is 7.19. The second-order valence-electron chi connectivity index (χ2n) is 8.45. The molecule has 0 unspecified atom stereocenters. The second-order valence-corrected chi connectivity index (χ2v) is 8.45. The van der Waals surface area contributed by atoms with E-state index in [1.54, 1.807) is 13.0 Å². The molecular formula is C25H31N5O5. The third-order valence-corrected chi connectivity index (χ3v) is 5.61. The Hall–Kier alpha value is -3.95. The zero-order valence-corrected chi connectivity index (χ0v) is 20.5. The summed E-state index contributed by atoms with van der Waals surface area (Å²) in [6, 6.07) is 7.18. The summed E-state index contributed by atoms with van der Waals surface area (Å²) in [6.45, 7) is 7.35. The van der Waals surface area contributed by atoms with Gasteiger partial charge in [0, 0.05) is 24.2 Å². The molecule has 0 saturated carbocycles. The molecule has 0 aliphatic rings. The second kappa shape index (κ2) is 11.0. The van der Waals surface area contributed by atoms with Gasteiger partial charge in [-0.3, -0.25) is 24.1 Å². The van der Waals surface area contributed by atoms with Gasteiger partial charge in [-0.05, 0) is 44.9 Å². The molecule has 186 valence electrons. The average molecular weight is 482 g/mol. The van der Waals surface area contributed by atoms with Crippen LogP contribution in [0.2, 0.25) is 0 Å². The number of nitrogens with one attached hydrogen (secondary N) is 1. The zero-order valence-electron chi connectivity index (χ0n) is 20.5. The van der Waals surface area contributed by atoms with Crippen molar-refractivity contribution in [3.63, 3.8) is 0 Å². The number of anilines is 2. The number of amides is 1. The fraction of sp³-hybridized carbons (Fsp3) is 0.400. The number of ether oxygens (including phenoxy) is 1. The molecule has 0 aliphatic carbocycles. The lowest BCUT2D eigenvalue weighted by molar-refractivity contribution is -0.121. The highest BCUT2D eigenvalue weighted by atomic mass is 16.5. The van der Waals surface area contributed by atoms with Crippen LogP contribution in [0.15, 0.2) is 33.9 Å². The van der Waals surface area contributed by atoms with Crippen molar-refractivity contribution >= 4 is 34.3 Å². The Morgan fingerprint density at radius 3 is 2.57 bits per heavy atom. The van der Waals surface area contributed by atoms with Gasteiger partial charge in [-0.1, -0.05) is 31.9 Å². The number of hydrogen-bond donors (Lipinski definition) is 2. The highest BCUT2D eigenvalue weighted by molar-refractivity contribution is 6.05. The summed E-state index contributed by atoms with van der Waals surface area (Å²) in [5.74, 6) is -1.38. The van der Waals surface area contributed by atoms with Crippen molar-refractivity contribution < 1.29 is 14.3 Å². The molecule has 1 aromatic carbocycles. The van der Waals surface area contributed by atoms with Crippen LogP contribution in [-0.2, 0) is 16.1 Å². The Bertz CT molecular complexity index is 1380. The SMILES string of the molecule is CCCCN(C(=O)COC(=O)c1cc(C)nc2ccc(C)cc12)c1c(N)n(CCC)c(=O)[nH]c1=O. The molecule has 3 N–H and O–H groups in total. The van der Waals surface area contributed by atoms with Gasteiger partial charge in [0.2, 0.25) is 0 Å². The van der Waals surface area contributed by atoms with E-state index in [2.05, 4.69) is 9.97 Å². The Labute approximate surface area is 202 Å². The summed E-state index contributed by atoms with van der Waals surface area (Å²) in [7, 11) is 0. The fourth-order valence-corrected chi connectivity index (χ4v) is 3.89. The first-order chi connectivity index (χ1) is 16.7. The van der Waals surface area contributed by atoms with E-state index in [1.807, 2.05) is 39.0 Å². The topological polar surface area (TPSA) is 140 Å². The summed E-state index contributed by atoms with van der Waals surface area (Å²) >= 11 is 0. The molecule has 0 bridgehead atoms. The number of pyridine rings is 1. The minimum absolute atomic E-state index is 0.0948. The highest BCUT2D eigenvalue weighted by Crippen LogP contribution is 2.22. The van der Waals surface area contributed by atoms with Crippen molar-refractivity contribution in [1.82, 2.24) is 14.5 Å². The van der Waals surface area contributed by atoms with Gasteiger partial charge in [-0.2, -0.15) is 0 Å². The van der Waals surface area contributed by atoms with Gasteiger partial charge in [0.1, 0.15) is 5.82 Å². The lowest BCUT2D eigenvalue weighted by Gasteiger charge is -2.24. The molecule has 0 fully saturated rings. The normalized spacial score (nSPS) is 11.0. The van der Waals surface area contributed by atoms with E-state index >= 15 is 0 Å². The van der Waals surface area contributed by atoms with E-state index in [0.29, 0.717) is 35.0 Å². The molecule has 0 spiro atoms. The number of benzene rings is 1. The van der Waals surface area contributed by atoms with Crippen LogP contribution < -0.4 is 21.9 Å². The number of carbonyl (C=O) groups excluding carboxylic acids is 2. The minimum atomic E-state index is -0.762. The van der Waals surface area contributed by atoms with Gasteiger partial charge in [0.05, 0.1) is 11.1 Å². The van der Waals surface area contributed by atoms with E-state index in [-0.39, 0.29) is 24.6 Å². The molecule has 10 nitrogen and oxygen atoms in total. The zero-order chi connectivity index (χ0) is 25.7. The first-order valence-corrected chi connectivity index (χ1v) is 11.7. The Morgan fingerprint density at radius 2 is 1.89 bits per heavy atom. The number of fused-ring (bicyclic) bond motifs is 1.